The number of methoxy groups -OCH3 is 1. The molecule has 4 heterocycles. The molecule has 1 aromatic carbocycles. The van der Waals surface area contributed by atoms with Crippen LogP contribution in [0.3, 0.4) is 0 Å². The van der Waals surface area contributed by atoms with Crippen LogP contribution in [0.15, 0.2) is 24.0 Å². The summed E-state index contributed by atoms with van der Waals surface area (Å²) in [6.45, 7) is 6.04. The first-order chi connectivity index (χ1) is 18.2. The van der Waals surface area contributed by atoms with Crippen molar-refractivity contribution in [3.8, 4) is 11.5 Å². The molecule has 206 valence electrons. The smallest absolute Gasteiger partial charge is 0.339 e. The molecule has 1 spiro atoms. The van der Waals surface area contributed by atoms with Gasteiger partial charge in [-0.3, -0.25) is 9.69 Å². The van der Waals surface area contributed by atoms with Gasteiger partial charge in [0.2, 0.25) is 6.79 Å². The maximum absolute atomic E-state index is 14.2. The number of ether oxygens (including phenoxy) is 5. The molecule has 0 bridgehead atoms. The maximum atomic E-state index is 14.2. The number of carbonyl (C=O) groups excluding carboxylic acids is 2. The zero-order valence-corrected chi connectivity index (χ0v) is 23.5. The molecule has 2 saturated heterocycles. The summed E-state index contributed by atoms with van der Waals surface area (Å²) in [6, 6.07) is 4.16. The lowest BCUT2D eigenvalue weighted by Gasteiger charge is -2.44. The first-order valence-electron chi connectivity index (χ1n) is 13.6. The van der Waals surface area contributed by atoms with E-state index in [9.17, 15) is 9.59 Å². The predicted octanol–water partition coefficient (Wildman–Crippen LogP) is 4.34. The van der Waals surface area contributed by atoms with Crippen LogP contribution in [-0.2, 0) is 30.2 Å². The lowest BCUT2D eigenvalue weighted by Crippen LogP contribution is -2.54. The highest BCUT2D eigenvalue weighted by molar-refractivity contribution is 8.13. The fourth-order valence-corrected chi connectivity index (χ4v) is 7.77. The molecule has 8 nitrogen and oxygen atoms in total. The first kappa shape index (κ1) is 26.0. The second-order valence-electron chi connectivity index (χ2n) is 11.8. The quantitative estimate of drug-likeness (QED) is 0.504. The van der Waals surface area contributed by atoms with Crippen molar-refractivity contribution in [2.24, 2.45) is 0 Å². The number of esters is 1. The second-order valence-corrected chi connectivity index (χ2v) is 12.6. The van der Waals surface area contributed by atoms with E-state index in [0.29, 0.717) is 12.2 Å². The van der Waals surface area contributed by atoms with Gasteiger partial charge in [0, 0.05) is 6.54 Å². The highest BCUT2D eigenvalue weighted by Crippen LogP contribution is 2.56. The monoisotopic (exact) mass is 543 g/mol. The van der Waals surface area contributed by atoms with Gasteiger partial charge in [-0.15, -0.1) is 0 Å². The Bertz CT molecular complexity index is 1180. The van der Waals surface area contributed by atoms with Gasteiger partial charge in [0.1, 0.15) is 5.76 Å². The van der Waals surface area contributed by atoms with E-state index in [1.165, 1.54) is 5.56 Å². The standard InChI is InChI=1S/C29H37NO7S/c1-27(2)8-5-10-29(37-27,16-23(31)38-4)26(32)36-25-22(33-3)15-28-9-6-11-30(28)12-7-18-13-20-21(35-17-34-20)14-19(18)24(25)28/h13-15,24-25H,5-12,16-17H2,1-4H3. The SMILES string of the molecule is COC1=CC23CCCN2CCc2cc4c(cc2C3C1OC(=O)C1(CC(=O)SC)CCCC(C)(C)O1)OCO4. The van der Waals surface area contributed by atoms with Crippen molar-refractivity contribution in [1.82, 2.24) is 4.90 Å². The number of hydrogen-bond donors (Lipinski definition) is 0. The predicted molar refractivity (Wildman–Crippen MR) is 142 cm³/mol. The molecule has 9 heteroatoms. The minimum absolute atomic E-state index is 0.00755. The van der Waals surface area contributed by atoms with Gasteiger partial charge in [-0.05, 0) is 94.5 Å². The molecule has 4 atom stereocenters. The third-order valence-corrected chi connectivity index (χ3v) is 9.66. The maximum Gasteiger partial charge on any atom is 0.339 e. The van der Waals surface area contributed by atoms with Crippen LogP contribution in [-0.4, -0.2) is 72.1 Å². The van der Waals surface area contributed by atoms with E-state index >= 15 is 0 Å². The van der Waals surface area contributed by atoms with Crippen molar-refractivity contribution < 1.29 is 33.3 Å². The summed E-state index contributed by atoms with van der Waals surface area (Å²) in [6.07, 6.45) is 8.24. The summed E-state index contributed by atoms with van der Waals surface area (Å²) in [4.78, 5) is 29.4. The lowest BCUT2D eigenvalue weighted by atomic mass is 9.77. The summed E-state index contributed by atoms with van der Waals surface area (Å²) in [5.74, 6) is 1.50. The summed E-state index contributed by atoms with van der Waals surface area (Å²) in [5.41, 5.74) is 0.140. The third kappa shape index (κ3) is 4.12. The zero-order valence-electron chi connectivity index (χ0n) is 22.7. The normalized spacial score (nSPS) is 33.0. The number of rotatable bonds is 5. The average Bonchev–Trinajstić information content (AvgIpc) is 3.57. The topological polar surface area (TPSA) is 83.5 Å². The molecule has 38 heavy (non-hydrogen) atoms. The summed E-state index contributed by atoms with van der Waals surface area (Å²) < 4.78 is 30.3. The van der Waals surface area contributed by atoms with Crippen molar-refractivity contribution in [3.05, 3.63) is 35.1 Å². The Morgan fingerprint density at radius 2 is 1.89 bits per heavy atom. The van der Waals surface area contributed by atoms with E-state index in [2.05, 4.69) is 23.1 Å². The number of benzene rings is 1. The summed E-state index contributed by atoms with van der Waals surface area (Å²) >= 11 is 1.12. The number of thioether (sulfide) groups is 1. The van der Waals surface area contributed by atoms with Crippen LogP contribution in [0.4, 0.5) is 0 Å². The van der Waals surface area contributed by atoms with Gasteiger partial charge in [-0.2, -0.15) is 0 Å². The Morgan fingerprint density at radius 3 is 2.63 bits per heavy atom. The Balaban J connectivity index is 1.41. The van der Waals surface area contributed by atoms with Crippen LogP contribution in [0, 0.1) is 0 Å². The Hall–Kier alpha value is -2.23. The van der Waals surface area contributed by atoms with Gasteiger partial charge in [0.05, 0.1) is 30.6 Å². The molecule has 4 aliphatic heterocycles. The fourth-order valence-electron chi connectivity index (χ4n) is 7.39. The summed E-state index contributed by atoms with van der Waals surface area (Å²) in [5, 5.41) is -0.0838. The lowest BCUT2D eigenvalue weighted by molar-refractivity contribution is -0.213. The molecular weight excluding hydrogens is 506 g/mol. The van der Waals surface area contributed by atoms with Crippen molar-refractivity contribution in [1.29, 1.82) is 0 Å². The van der Waals surface area contributed by atoms with E-state index in [4.69, 9.17) is 23.7 Å². The van der Waals surface area contributed by atoms with Gasteiger partial charge in [-0.25, -0.2) is 4.79 Å². The molecule has 5 aliphatic rings. The van der Waals surface area contributed by atoms with Gasteiger partial charge in [0.25, 0.3) is 0 Å². The van der Waals surface area contributed by atoms with Gasteiger partial charge < -0.3 is 23.7 Å². The molecule has 0 N–H and O–H groups in total. The summed E-state index contributed by atoms with van der Waals surface area (Å²) in [7, 11) is 1.64. The molecule has 0 radical (unpaired) electrons. The molecule has 4 unspecified atom stereocenters. The van der Waals surface area contributed by atoms with Crippen LogP contribution in [0.5, 0.6) is 11.5 Å². The number of carbonyl (C=O) groups is 2. The Kier molecular flexibility index (Phi) is 6.47. The van der Waals surface area contributed by atoms with Crippen LogP contribution >= 0.6 is 11.8 Å². The minimum Gasteiger partial charge on any atom is -0.497 e. The zero-order chi connectivity index (χ0) is 26.7. The third-order valence-electron chi connectivity index (χ3n) is 9.06. The Labute approximate surface area is 228 Å². The van der Waals surface area contributed by atoms with Crippen molar-refractivity contribution in [3.63, 3.8) is 0 Å². The average molecular weight is 544 g/mol. The van der Waals surface area contributed by atoms with Crippen LogP contribution < -0.4 is 9.47 Å². The second kappa shape index (κ2) is 9.45. The minimum atomic E-state index is -1.31. The molecule has 0 amide bonds. The van der Waals surface area contributed by atoms with Crippen molar-refractivity contribution in [2.75, 3.05) is 33.2 Å². The van der Waals surface area contributed by atoms with Crippen LogP contribution in [0.25, 0.3) is 0 Å². The molecule has 2 fully saturated rings. The van der Waals surface area contributed by atoms with E-state index in [1.54, 1.807) is 13.4 Å². The van der Waals surface area contributed by atoms with Crippen molar-refractivity contribution in [2.45, 2.75) is 87.6 Å². The molecule has 0 saturated carbocycles. The van der Waals surface area contributed by atoms with E-state index in [1.807, 2.05) is 13.8 Å². The highest BCUT2D eigenvalue weighted by Gasteiger charge is 2.59. The molecule has 6 rings (SSSR count). The Morgan fingerprint density at radius 1 is 1.11 bits per heavy atom. The fraction of sp³-hybridized carbons (Fsp3) is 0.655. The number of hydrogen-bond acceptors (Lipinski definition) is 9. The van der Waals surface area contributed by atoms with Gasteiger partial charge in [0.15, 0.2) is 28.3 Å². The molecule has 1 aliphatic carbocycles. The molecule has 0 aromatic heterocycles. The van der Waals surface area contributed by atoms with Crippen molar-refractivity contribution >= 4 is 22.8 Å². The first-order valence-corrected chi connectivity index (χ1v) is 14.9. The number of fused-ring (bicyclic) bond motifs is 3. The molecular formula is C29H37NO7S. The van der Waals surface area contributed by atoms with Gasteiger partial charge in [-0.1, -0.05) is 11.8 Å². The largest absolute Gasteiger partial charge is 0.497 e. The number of nitrogens with zero attached hydrogens (tertiary/aromatic N) is 1. The van der Waals surface area contributed by atoms with Crippen LogP contribution in [0.1, 0.15) is 69.4 Å². The van der Waals surface area contributed by atoms with Crippen LogP contribution in [0.2, 0.25) is 0 Å². The highest BCUT2D eigenvalue weighted by atomic mass is 32.2. The van der Waals surface area contributed by atoms with Gasteiger partial charge >= 0.3 is 5.97 Å². The van der Waals surface area contributed by atoms with E-state index in [-0.39, 0.29) is 29.8 Å². The van der Waals surface area contributed by atoms with E-state index < -0.39 is 23.3 Å². The molecule has 1 aromatic rings. The van der Waals surface area contributed by atoms with E-state index in [0.717, 1.165) is 74.0 Å².